The minimum Gasteiger partial charge on any atom is -0.345 e. The van der Waals surface area contributed by atoms with E-state index in [1.807, 2.05) is 60.7 Å². The third-order valence-electron chi connectivity index (χ3n) is 4.91. The largest absolute Gasteiger partial charge is 0.345 e. The van der Waals surface area contributed by atoms with Crippen molar-refractivity contribution in [3.8, 4) is 22.6 Å². The molecular weight excluding hydrogens is 392 g/mol. The van der Waals surface area contributed by atoms with Crippen molar-refractivity contribution >= 4 is 17.0 Å². The van der Waals surface area contributed by atoms with Gasteiger partial charge in [-0.2, -0.15) is 5.10 Å². The predicted octanol–water partition coefficient (Wildman–Crippen LogP) is 3.91. The molecule has 0 atom stereocenters. The van der Waals surface area contributed by atoms with Gasteiger partial charge in [-0.25, -0.2) is 9.97 Å². The molecule has 0 aliphatic heterocycles. The molecule has 2 aromatic carbocycles. The summed E-state index contributed by atoms with van der Waals surface area (Å²) in [4.78, 5) is 22.1. The molecule has 1 amide bonds. The molecule has 0 saturated heterocycles. The van der Waals surface area contributed by atoms with E-state index in [0.29, 0.717) is 39.7 Å². The van der Waals surface area contributed by atoms with Crippen LogP contribution >= 0.6 is 0 Å². The number of aryl methyl sites for hydroxylation is 1. The van der Waals surface area contributed by atoms with Gasteiger partial charge in [-0.05, 0) is 13.0 Å². The molecular formula is C23H18N6O2. The molecule has 3 heterocycles. The van der Waals surface area contributed by atoms with Gasteiger partial charge < -0.3 is 9.84 Å². The zero-order valence-corrected chi connectivity index (χ0v) is 16.7. The van der Waals surface area contributed by atoms with E-state index in [0.717, 1.165) is 11.1 Å². The first-order valence-corrected chi connectivity index (χ1v) is 9.76. The lowest BCUT2D eigenvalue weighted by molar-refractivity contribution is 0.0951. The lowest BCUT2D eigenvalue weighted by Crippen LogP contribution is -2.24. The van der Waals surface area contributed by atoms with Crippen LogP contribution in [0.15, 0.2) is 71.3 Å². The molecule has 8 heteroatoms. The SMILES string of the molecule is Cc1noc2nc(-c3ccccc3)cc(C(=O)NCc3nc(-c4ccccc4)n[nH]3)c12. The number of carbonyl (C=O) groups is 1. The molecule has 0 aliphatic carbocycles. The second-order valence-electron chi connectivity index (χ2n) is 7.02. The van der Waals surface area contributed by atoms with Crippen LogP contribution in [-0.4, -0.2) is 31.2 Å². The molecule has 0 fully saturated rings. The van der Waals surface area contributed by atoms with Gasteiger partial charge in [-0.1, -0.05) is 65.8 Å². The molecule has 5 aromatic rings. The molecule has 8 nitrogen and oxygen atoms in total. The van der Waals surface area contributed by atoms with Crippen molar-refractivity contribution in [3.63, 3.8) is 0 Å². The van der Waals surface area contributed by atoms with Crippen LogP contribution in [0.3, 0.4) is 0 Å². The standard InChI is InChI=1S/C23H18N6O2/c1-14-20-17(12-18(25-23(20)31-29-14)15-8-4-2-5-9-15)22(30)24-13-19-26-21(28-27-19)16-10-6-3-7-11-16/h2-12H,13H2,1H3,(H,24,30)(H,26,27,28). The van der Waals surface area contributed by atoms with Gasteiger partial charge in [0.15, 0.2) is 5.82 Å². The third-order valence-corrected chi connectivity index (χ3v) is 4.91. The Morgan fingerprint density at radius 1 is 1.00 bits per heavy atom. The van der Waals surface area contributed by atoms with Gasteiger partial charge in [-0.3, -0.25) is 9.89 Å². The van der Waals surface area contributed by atoms with Crippen LogP contribution in [0.1, 0.15) is 21.9 Å². The second-order valence-corrected chi connectivity index (χ2v) is 7.02. The summed E-state index contributed by atoms with van der Waals surface area (Å²) in [6.07, 6.45) is 0. The highest BCUT2D eigenvalue weighted by atomic mass is 16.5. The van der Waals surface area contributed by atoms with Crippen molar-refractivity contribution in [1.82, 2.24) is 30.6 Å². The molecule has 0 bridgehead atoms. The van der Waals surface area contributed by atoms with Gasteiger partial charge in [0.05, 0.1) is 28.9 Å². The topological polar surface area (TPSA) is 110 Å². The number of amides is 1. The lowest BCUT2D eigenvalue weighted by atomic mass is 10.1. The maximum atomic E-state index is 13.1. The van der Waals surface area contributed by atoms with E-state index in [1.165, 1.54) is 0 Å². The molecule has 3 aromatic heterocycles. The smallest absolute Gasteiger partial charge is 0.259 e. The number of carbonyl (C=O) groups excluding carboxylic acids is 1. The van der Waals surface area contributed by atoms with Crippen molar-refractivity contribution < 1.29 is 9.32 Å². The Labute approximate surface area is 177 Å². The third kappa shape index (κ3) is 3.66. The minimum absolute atomic E-state index is 0.202. The highest BCUT2D eigenvalue weighted by Gasteiger charge is 2.19. The zero-order valence-electron chi connectivity index (χ0n) is 16.7. The number of hydrogen-bond donors (Lipinski definition) is 2. The average molecular weight is 410 g/mol. The van der Waals surface area contributed by atoms with Gasteiger partial charge in [0.25, 0.3) is 11.6 Å². The monoisotopic (exact) mass is 410 g/mol. The molecule has 0 unspecified atom stereocenters. The Hall–Kier alpha value is -4.33. The van der Waals surface area contributed by atoms with Crippen LogP contribution in [0.4, 0.5) is 0 Å². The first-order valence-electron chi connectivity index (χ1n) is 9.76. The number of aromatic amines is 1. The molecule has 0 saturated carbocycles. The highest BCUT2D eigenvalue weighted by molar-refractivity contribution is 6.06. The van der Waals surface area contributed by atoms with Crippen LogP contribution in [0.5, 0.6) is 0 Å². The fourth-order valence-corrected chi connectivity index (χ4v) is 3.38. The van der Waals surface area contributed by atoms with E-state index in [1.54, 1.807) is 13.0 Å². The van der Waals surface area contributed by atoms with E-state index in [-0.39, 0.29) is 12.5 Å². The maximum absolute atomic E-state index is 13.1. The summed E-state index contributed by atoms with van der Waals surface area (Å²) >= 11 is 0. The number of aromatic nitrogens is 5. The summed E-state index contributed by atoms with van der Waals surface area (Å²) < 4.78 is 5.35. The molecule has 152 valence electrons. The Morgan fingerprint density at radius 2 is 1.71 bits per heavy atom. The summed E-state index contributed by atoms with van der Waals surface area (Å²) in [5.74, 6) is 0.869. The molecule has 0 aliphatic rings. The number of nitrogens with one attached hydrogen (secondary N) is 2. The fourth-order valence-electron chi connectivity index (χ4n) is 3.38. The Kier molecular flexibility index (Phi) is 4.72. The van der Waals surface area contributed by atoms with E-state index in [4.69, 9.17) is 4.52 Å². The van der Waals surface area contributed by atoms with Crippen molar-refractivity contribution in [2.24, 2.45) is 0 Å². The van der Waals surface area contributed by atoms with Gasteiger partial charge in [0.1, 0.15) is 5.82 Å². The summed E-state index contributed by atoms with van der Waals surface area (Å²) in [6, 6.07) is 21.0. The minimum atomic E-state index is -0.270. The van der Waals surface area contributed by atoms with Gasteiger partial charge in [-0.15, -0.1) is 0 Å². The summed E-state index contributed by atoms with van der Waals surface area (Å²) in [5.41, 5.74) is 3.81. The van der Waals surface area contributed by atoms with E-state index in [9.17, 15) is 4.79 Å². The van der Waals surface area contributed by atoms with Crippen LogP contribution in [0.25, 0.3) is 33.7 Å². The van der Waals surface area contributed by atoms with Crippen molar-refractivity contribution in [2.75, 3.05) is 0 Å². The number of benzene rings is 2. The van der Waals surface area contributed by atoms with Gasteiger partial charge >= 0.3 is 0 Å². The Morgan fingerprint density at radius 3 is 2.45 bits per heavy atom. The van der Waals surface area contributed by atoms with Crippen LogP contribution < -0.4 is 5.32 Å². The summed E-state index contributed by atoms with van der Waals surface area (Å²) in [7, 11) is 0. The quantitative estimate of drug-likeness (QED) is 0.455. The van der Waals surface area contributed by atoms with E-state index in [2.05, 4.69) is 30.6 Å². The number of pyridine rings is 1. The van der Waals surface area contributed by atoms with Crippen molar-refractivity contribution in [2.45, 2.75) is 13.5 Å². The highest BCUT2D eigenvalue weighted by Crippen LogP contribution is 2.27. The lowest BCUT2D eigenvalue weighted by Gasteiger charge is -2.07. The average Bonchev–Trinajstić information content (AvgIpc) is 3.45. The molecule has 31 heavy (non-hydrogen) atoms. The van der Waals surface area contributed by atoms with E-state index >= 15 is 0 Å². The first-order chi connectivity index (χ1) is 15.2. The predicted molar refractivity (Wildman–Crippen MR) is 115 cm³/mol. The number of nitrogens with zero attached hydrogens (tertiary/aromatic N) is 4. The number of rotatable bonds is 5. The van der Waals surface area contributed by atoms with Gasteiger partial charge in [0, 0.05) is 11.1 Å². The number of fused-ring (bicyclic) bond motifs is 1. The van der Waals surface area contributed by atoms with E-state index < -0.39 is 0 Å². The molecule has 0 spiro atoms. The summed E-state index contributed by atoms with van der Waals surface area (Å²) in [6.45, 7) is 1.99. The van der Waals surface area contributed by atoms with Crippen molar-refractivity contribution in [1.29, 1.82) is 0 Å². The van der Waals surface area contributed by atoms with Crippen LogP contribution in [-0.2, 0) is 6.54 Å². The summed E-state index contributed by atoms with van der Waals surface area (Å²) in [5, 5.41) is 14.6. The number of H-pyrrole nitrogens is 1. The van der Waals surface area contributed by atoms with Crippen molar-refractivity contribution in [3.05, 3.63) is 83.8 Å². The molecule has 2 N–H and O–H groups in total. The maximum Gasteiger partial charge on any atom is 0.259 e. The number of hydrogen-bond acceptors (Lipinski definition) is 6. The fraction of sp³-hybridized carbons (Fsp3) is 0.0870. The van der Waals surface area contributed by atoms with Crippen LogP contribution in [0, 0.1) is 6.92 Å². The first kappa shape index (κ1) is 18.7. The normalized spacial score (nSPS) is 11.0. The van der Waals surface area contributed by atoms with Gasteiger partial charge in [0.2, 0.25) is 0 Å². The molecule has 5 rings (SSSR count). The zero-order chi connectivity index (χ0) is 21.2. The second kappa shape index (κ2) is 7.83. The molecule has 0 radical (unpaired) electrons. The van der Waals surface area contributed by atoms with Crippen LogP contribution in [0.2, 0.25) is 0 Å². The Balaban J connectivity index is 1.42. The Bertz CT molecular complexity index is 1360.